The Labute approximate surface area is 143 Å². The van der Waals surface area contributed by atoms with E-state index in [0.29, 0.717) is 4.80 Å². The molecular formula is C14H9BrN2O2S3. The van der Waals surface area contributed by atoms with E-state index in [-0.39, 0.29) is 10.8 Å². The molecule has 8 heteroatoms. The first-order chi connectivity index (χ1) is 10.5. The summed E-state index contributed by atoms with van der Waals surface area (Å²) in [5.41, 5.74) is 0.867. The van der Waals surface area contributed by atoms with Gasteiger partial charge in [0.05, 0.1) is 16.8 Å². The smallest absolute Gasteiger partial charge is 0.294 e. The van der Waals surface area contributed by atoms with E-state index in [0.717, 1.165) is 26.0 Å². The van der Waals surface area contributed by atoms with Gasteiger partial charge in [-0.1, -0.05) is 39.3 Å². The molecule has 0 N–H and O–H groups in total. The van der Waals surface area contributed by atoms with Crippen LogP contribution < -0.4 is 4.80 Å². The van der Waals surface area contributed by atoms with Crippen molar-refractivity contribution < 1.29 is 8.42 Å². The van der Waals surface area contributed by atoms with Crippen LogP contribution in [0.3, 0.4) is 0 Å². The average Bonchev–Trinajstić information content (AvgIpc) is 3.08. The van der Waals surface area contributed by atoms with Gasteiger partial charge >= 0.3 is 0 Å². The van der Waals surface area contributed by atoms with Gasteiger partial charge < -0.3 is 4.57 Å². The normalized spacial score (nSPS) is 12.6. The number of terminal acetylenes is 1. The first-order valence-corrected chi connectivity index (χ1v) is 10.0. The summed E-state index contributed by atoms with van der Waals surface area (Å²) in [7, 11) is -3.72. The van der Waals surface area contributed by atoms with Crippen molar-refractivity contribution in [1.82, 2.24) is 4.57 Å². The molecule has 0 fully saturated rings. The van der Waals surface area contributed by atoms with Gasteiger partial charge in [-0.25, -0.2) is 0 Å². The molecule has 0 unspecified atom stereocenters. The number of hydrogen-bond acceptors (Lipinski definition) is 4. The van der Waals surface area contributed by atoms with Crippen LogP contribution in [0.15, 0.2) is 48.8 Å². The summed E-state index contributed by atoms with van der Waals surface area (Å²) in [5.74, 6) is 2.54. The van der Waals surface area contributed by atoms with Crippen LogP contribution in [0.5, 0.6) is 0 Å². The van der Waals surface area contributed by atoms with Gasteiger partial charge in [0.25, 0.3) is 10.0 Å². The van der Waals surface area contributed by atoms with E-state index in [1.165, 1.54) is 11.3 Å². The number of sulfonamides is 1. The second-order valence-electron chi connectivity index (χ2n) is 4.29. The zero-order chi connectivity index (χ0) is 15.7. The number of thiophene rings is 1. The topological polar surface area (TPSA) is 51.4 Å². The van der Waals surface area contributed by atoms with E-state index in [2.05, 4.69) is 26.2 Å². The van der Waals surface area contributed by atoms with Crippen molar-refractivity contribution in [3.8, 4) is 12.3 Å². The van der Waals surface area contributed by atoms with Crippen LogP contribution in [-0.2, 0) is 16.6 Å². The number of fused-ring (bicyclic) bond motifs is 1. The van der Waals surface area contributed by atoms with Crippen LogP contribution in [0.25, 0.3) is 10.2 Å². The third-order valence-electron chi connectivity index (χ3n) is 2.84. The largest absolute Gasteiger partial charge is 0.304 e. The standard InChI is InChI=1S/C14H9BrN2O2S3/c1-2-7-17-11-6-5-10(15)9-12(11)21-14(17)16-22(18,19)13-4-3-8-20-13/h1,3-6,8-9H,7H2. The Morgan fingerprint density at radius 3 is 2.86 bits per heavy atom. The molecule has 0 aliphatic rings. The summed E-state index contributed by atoms with van der Waals surface area (Å²) < 4.78 is 32.4. The van der Waals surface area contributed by atoms with E-state index in [1.54, 1.807) is 22.1 Å². The average molecular weight is 413 g/mol. The minimum atomic E-state index is -3.72. The van der Waals surface area contributed by atoms with E-state index in [9.17, 15) is 8.42 Å². The summed E-state index contributed by atoms with van der Waals surface area (Å²) in [6, 6.07) is 8.93. The van der Waals surface area contributed by atoms with E-state index < -0.39 is 10.0 Å². The second kappa shape index (κ2) is 6.01. The Balaban J connectivity index is 2.29. The van der Waals surface area contributed by atoms with Gasteiger partial charge in [0.1, 0.15) is 4.21 Å². The summed E-state index contributed by atoms with van der Waals surface area (Å²) in [4.78, 5) is 0.374. The molecule has 4 nitrogen and oxygen atoms in total. The van der Waals surface area contributed by atoms with Crippen molar-refractivity contribution >= 4 is 58.8 Å². The van der Waals surface area contributed by atoms with Crippen LogP contribution >= 0.6 is 38.6 Å². The second-order valence-corrected chi connectivity index (χ2v) is 8.99. The SMILES string of the molecule is C#CCn1c(=NS(=O)(=O)c2cccs2)sc2cc(Br)ccc21. The van der Waals surface area contributed by atoms with Gasteiger partial charge in [-0.05, 0) is 29.6 Å². The van der Waals surface area contributed by atoms with E-state index in [4.69, 9.17) is 6.42 Å². The minimum absolute atomic E-state index is 0.221. The molecule has 2 heterocycles. The van der Waals surface area contributed by atoms with Crippen LogP contribution in [0.1, 0.15) is 0 Å². The molecule has 112 valence electrons. The molecule has 22 heavy (non-hydrogen) atoms. The van der Waals surface area contributed by atoms with Crippen molar-refractivity contribution in [1.29, 1.82) is 0 Å². The predicted molar refractivity (Wildman–Crippen MR) is 93.4 cm³/mol. The maximum Gasteiger partial charge on any atom is 0.294 e. The highest BCUT2D eigenvalue weighted by Gasteiger charge is 2.15. The summed E-state index contributed by atoms with van der Waals surface area (Å²) in [5, 5.41) is 1.71. The maximum absolute atomic E-state index is 12.3. The monoisotopic (exact) mass is 412 g/mol. The number of aromatic nitrogens is 1. The van der Waals surface area contributed by atoms with Crippen molar-refractivity contribution in [2.45, 2.75) is 10.8 Å². The van der Waals surface area contributed by atoms with E-state index in [1.807, 2.05) is 18.2 Å². The fourth-order valence-corrected chi connectivity index (χ4v) is 5.67. The van der Waals surface area contributed by atoms with Gasteiger partial charge in [0.15, 0.2) is 0 Å². The molecule has 0 aliphatic carbocycles. The molecule has 3 rings (SSSR count). The lowest BCUT2D eigenvalue weighted by molar-refractivity contribution is 0.598. The Morgan fingerprint density at radius 1 is 1.36 bits per heavy atom. The Hall–Kier alpha value is -1.40. The number of halogens is 1. The fourth-order valence-electron chi connectivity index (χ4n) is 1.92. The molecule has 0 saturated heterocycles. The fraction of sp³-hybridized carbons (Fsp3) is 0.0714. The van der Waals surface area contributed by atoms with Crippen LogP contribution in [0.4, 0.5) is 0 Å². The molecule has 2 aromatic heterocycles. The molecule has 0 aliphatic heterocycles. The number of benzene rings is 1. The lowest BCUT2D eigenvalue weighted by Gasteiger charge is -1.99. The highest BCUT2D eigenvalue weighted by atomic mass is 79.9. The first-order valence-electron chi connectivity index (χ1n) is 6.08. The number of thiazole rings is 1. The zero-order valence-corrected chi connectivity index (χ0v) is 15.1. The molecule has 3 aromatic rings. The van der Waals surface area contributed by atoms with Crippen LogP contribution in [0.2, 0.25) is 0 Å². The van der Waals surface area contributed by atoms with Crippen molar-refractivity contribution in [3.05, 3.63) is 45.0 Å². The highest BCUT2D eigenvalue weighted by molar-refractivity contribution is 9.10. The molecule has 0 spiro atoms. The molecule has 0 atom stereocenters. The van der Waals surface area contributed by atoms with Crippen molar-refractivity contribution in [3.63, 3.8) is 0 Å². The van der Waals surface area contributed by atoms with Gasteiger partial charge in [0, 0.05) is 4.47 Å². The van der Waals surface area contributed by atoms with Crippen molar-refractivity contribution in [2.75, 3.05) is 0 Å². The Morgan fingerprint density at radius 2 is 2.18 bits per heavy atom. The number of rotatable bonds is 3. The molecule has 0 saturated carbocycles. The molecule has 0 amide bonds. The molecular weight excluding hydrogens is 404 g/mol. The van der Waals surface area contributed by atoms with Crippen molar-refractivity contribution in [2.24, 2.45) is 4.40 Å². The summed E-state index contributed by atoms with van der Waals surface area (Å²) >= 11 is 5.85. The third kappa shape index (κ3) is 2.90. The predicted octanol–water partition coefficient (Wildman–Crippen LogP) is 3.45. The lowest BCUT2D eigenvalue weighted by Crippen LogP contribution is -2.16. The molecule has 0 bridgehead atoms. The summed E-state index contributed by atoms with van der Waals surface area (Å²) in [6.45, 7) is 0.264. The minimum Gasteiger partial charge on any atom is -0.304 e. The van der Waals surface area contributed by atoms with Gasteiger partial charge in [-0.3, -0.25) is 0 Å². The van der Waals surface area contributed by atoms with Gasteiger partial charge in [-0.2, -0.15) is 8.42 Å². The number of hydrogen-bond donors (Lipinski definition) is 0. The highest BCUT2D eigenvalue weighted by Crippen LogP contribution is 2.23. The third-order valence-corrected chi connectivity index (χ3v) is 7.13. The molecule has 1 aromatic carbocycles. The zero-order valence-electron chi connectivity index (χ0n) is 11.1. The lowest BCUT2D eigenvalue weighted by atomic mass is 10.3. The summed E-state index contributed by atoms with van der Waals surface area (Å²) in [6.07, 6.45) is 5.40. The van der Waals surface area contributed by atoms with Gasteiger partial charge in [0.2, 0.25) is 4.80 Å². The Bertz CT molecular complexity index is 1040. The van der Waals surface area contributed by atoms with E-state index >= 15 is 0 Å². The first kappa shape index (κ1) is 15.5. The van der Waals surface area contributed by atoms with Gasteiger partial charge in [-0.15, -0.1) is 22.2 Å². The van der Waals surface area contributed by atoms with Crippen LogP contribution in [-0.4, -0.2) is 13.0 Å². The molecule has 0 radical (unpaired) electrons. The quantitative estimate of drug-likeness (QED) is 0.618. The maximum atomic E-state index is 12.3. The Kier molecular flexibility index (Phi) is 4.23. The number of nitrogens with zero attached hydrogens (tertiary/aromatic N) is 2. The van der Waals surface area contributed by atoms with Crippen LogP contribution in [0, 0.1) is 12.3 Å².